The largest absolute Gasteiger partial charge is 0.416 e. The summed E-state index contributed by atoms with van der Waals surface area (Å²) in [6.45, 7) is 5.56. The second kappa shape index (κ2) is 17.7. The van der Waals surface area contributed by atoms with Gasteiger partial charge in [-0.2, -0.15) is 13.2 Å². The van der Waals surface area contributed by atoms with E-state index in [9.17, 15) is 17.6 Å². The number of likely N-dealkylation sites (tertiary alicyclic amines) is 2. The number of rotatable bonds is 8. The Morgan fingerprint density at radius 1 is 0.800 bits per heavy atom. The van der Waals surface area contributed by atoms with Gasteiger partial charge < -0.3 is 19.3 Å². The van der Waals surface area contributed by atoms with Crippen LogP contribution >= 0.6 is 34.2 Å². The molecule has 2 aliphatic heterocycles. The summed E-state index contributed by atoms with van der Waals surface area (Å²) in [5.41, 5.74) is 2.22. The molecule has 0 aliphatic carbocycles. The number of hydrogen-bond acceptors (Lipinski definition) is 6. The zero-order valence-corrected chi connectivity index (χ0v) is 31.3. The van der Waals surface area contributed by atoms with Crippen molar-refractivity contribution in [1.29, 1.82) is 0 Å². The van der Waals surface area contributed by atoms with E-state index in [4.69, 9.17) is 21.1 Å². The van der Waals surface area contributed by atoms with E-state index in [1.807, 2.05) is 19.2 Å². The van der Waals surface area contributed by atoms with Crippen LogP contribution in [0.25, 0.3) is 0 Å². The molecule has 0 saturated carbocycles. The second-order valence-electron chi connectivity index (χ2n) is 13.0. The summed E-state index contributed by atoms with van der Waals surface area (Å²) in [6.07, 6.45) is 0.854. The van der Waals surface area contributed by atoms with Crippen LogP contribution in [0.15, 0.2) is 79.1 Å². The smallest absolute Gasteiger partial charge is 0.364 e. The van der Waals surface area contributed by atoms with Crippen molar-refractivity contribution in [2.24, 2.45) is 0 Å². The SMILES string of the molecule is CN1CCC(OC(c2cccc(I)c2)c2ccc(Cl)cn2)CC1.Cc1ccc(C(OC2CCN(C)CC2)c2cc(C(F)(F)F)ccn2)c(F)c1. The number of benzene rings is 2. The molecule has 2 saturated heterocycles. The van der Waals surface area contributed by atoms with E-state index in [1.54, 1.807) is 25.3 Å². The van der Waals surface area contributed by atoms with Crippen molar-refractivity contribution < 1.29 is 27.0 Å². The molecule has 4 aromatic rings. The molecule has 2 atom stereocenters. The average Bonchev–Trinajstić information content (AvgIpc) is 3.09. The zero-order valence-electron chi connectivity index (χ0n) is 28.3. The Hall–Kier alpha value is -2.68. The van der Waals surface area contributed by atoms with Gasteiger partial charge in [0.1, 0.15) is 18.0 Å². The predicted octanol–water partition coefficient (Wildman–Crippen LogP) is 9.29. The summed E-state index contributed by atoms with van der Waals surface area (Å²) < 4.78 is 67.7. The molecule has 2 unspecified atom stereocenters. The summed E-state index contributed by atoms with van der Waals surface area (Å²) in [4.78, 5) is 13.1. The minimum Gasteiger partial charge on any atom is -0.364 e. The molecular formula is C38H42ClF4IN4O2. The van der Waals surface area contributed by atoms with Gasteiger partial charge in [0, 0.05) is 47.7 Å². The third-order valence-electron chi connectivity index (χ3n) is 8.97. The van der Waals surface area contributed by atoms with Gasteiger partial charge in [0.2, 0.25) is 0 Å². The van der Waals surface area contributed by atoms with Gasteiger partial charge in [-0.05, 0) is 123 Å². The highest BCUT2D eigenvalue weighted by molar-refractivity contribution is 14.1. The molecule has 2 aromatic heterocycles. The first-order valence-electron chi connectivity index (χ1n) is 16.7. The molecule has 0 N–H and O–H groups in total. The lowest BCUT2D eigenvalue weighted by atomic mass is 10.0. The van der Waals surface area contributed by atoms with Gasteiger partial charge in [0.15, 0.2) is 0 Å². The van der Waals surface area contributed by atoms with Crippen molar-refractivity contribution in [3.8, 4) is 0 Å². The highest BCUT2D eigenvalue weighted by atomic mass is 127. The molecule has 6 nitrogen and oxygen atoms in total. The fourth-order valence-corrected chi connectivity index (χ4v) is 6.75. The summed E-state index contributed by atoms with van der Waals surface area (Å²) in [6, 6.07) is 18.8. The molecule has 2 fully saturated rings. The molecule has 268 valence electrons. The van der Waals surface area contributed by atoms with E-state index < -0.39 is 23.7 Å². The van der Waals surface area contributed by atoms with Gasteiger partial charge in [0.25, 0.3) is 0 Å². The maximum Gasteiger partial charge on any atom is 0.416 e. The summed E-state index contributed by atoms with van der Waals surface area (Å²) >= 11 is 8.32. The van der Waals surface area contributed by atoms with Crippen molar-refractivity contribution in [3.63, 3.8) is 0 Å². The summed E-state index contributed by atoms with van der Waals surface area (Å²) in [5.74, 6) is -0.507. The second-order valence-corrected chi connectivity index (χ2v) is 14.7. The van der Waals surface area contributed by atoms with Gasteiger partial charge in [-0.3, -0.25) is 9.97 Å². The average molecular weight is 825 g/mol. The highest BCUT2D eigenvalue weighted by Gasteiger charge is 2.33. The fraction of sp³-hybridized carbons (Fsp3) is 0.421. The highest BCUT2D eigenvalue weighted by Crippen LogP contribution is 2.35. The normalized spacial score (nSPS) is 17.9. The fourth-order valence-electron chi connectivity index (χ4n) is 6.07. The number of hydrogen-bond donors (Lipinski definition) is 0. The first-order valence-corrected chi connectivity index (χ1v) is 18.2. The van der Waals surface area contributed by atoms with Gasteiger partial charge >= 0.3 is 6.18 Å². The minimum atomic E-state index is -4.50. The van der Waals surface area contributed by atoms with E-state index >= 15 is 0 Å². The summed E-state index contributed by atoms with van der Waals surface area (Å²) in [7, 11) is 4.16. The van der Waals surface area contributed by atoms with Crippen molar-refractivity contribution in [1.82, 2.24) is 19.8 Å². The van der Waals surface area contributed by atoms with Crippen LogP contribution in [0.4, 0.5) is 17.6 Å². The Bertz CT molecular complexity index is 1680. The maximum absolute atomic E-state index is 14.6. The van der Waals surface area contributed by atoms with Gasteiger partial charge in [0.05, 0.1) is 34.2 Å². The number of nitrogens with zero attached hydrogens (tertiary/aromatic N) is 4. The van der Waals surface area contributed by atoms with Crippen molar-refractivity contribution in [3.05, 3.63) is 127 Å². The molecule has 12 heteroatoms. The minimum absolute atomic E-state index is 0.0616. The van der Waals surface area contributed by atoms with Crippen LogP contribution in [0.1, 0.15) is 71.5 Å². The third kappa shape index (κ3) is 10.9. The lowest BCUT2D eigenvalue weighted by Gasteiger charge is -2.32. The van der Waals surface area contributed by atoms with E-state index in [0.717, 1.165) is 87.0 Å². The van der Waals surface area contributed by atoms with Crippen LogP contribution < -0.4 is 0 Å². The molecule has 6 rings (SSSR count). The van der Waals surface area contributed by atoms with Crippen LogP contribution in [-0.4, -0.2) is 72.3 Å². The Labute approximate surface area is 310 Å². The monoisotopic (exact) mass is 824 g/mol. The predicted molar refractivity (Wildman–Crippen MR) is 196 cm³/mol. The topological polar surface area (TPSA) is 50.7 Å². The Balaban J connectivity index is 0.000000197. The van der Waals surface area contributed by atoms with E-state index in [2.05, 4.69) is 73.7 Å². The number of piperidine rings is 2. The van der Waals surface area contributed by atoms with Crippen LogP contribution in [0.3, 0.4) is 0 Å². The Kier molecular flexibility index (Phi) is 13.6. The number of pyridine rings is 2. The molecule has 2 aromatic carbocycles. The van der Waals surface area contributed by atoms with Crippen LogP contribution in [0, 0.1) is 16.3 Å². The molecule has 50 heavy (non-hydrogen) atoms. The van der Waals surface area contributed by atoms with E-state index in [0.29, 0.717) is 5.02 Å². The van der Waals surface area contributed by atoms with Crippen molar-refractivity contribution >= 4 is 34.2 Å². The number of alkyl halides is 3. The van der Waals surface area contributed by atoms with Gasteiger partial charge in [-0.25, -0.2) is 4.39 Å². The van der Waals surface area contributed by atoms with E-state index in [1.165, 1.54) is 9.64 Å². The van der Waals surface area contributed by atoms with Crippen LogP contribution in [0.2, 0.25) is 5.02 Å². The molecule has 0 radical (unpaired) electrons. The number of ether oxygens (including phenoxy) is 2. The molecule has 0 spiro atoms. The van der Waals surface area contributed by atoms with Crippen molar-refractivity contribution in [2.75, 3.05) is 40.3 Å². The van der Waals surface area contributed by atoms with Gasteiger partial charge in [-0.1, -0.05) is 35.9 Å². The quantitative estimate of drug-likeness (QED) is 0.131. The zero-order chi connectivity index (χ0) is 35.8. The first-order chi connectivity index (χ1) is 23.9. The lowest BCUT2D eigenvalue weighted by Crippen LogP contribution is -2.35. The molecule has 4 heterocycles. The standard InChI is InChI=1S/C20H22F4N2O.C18H20ClIN2O/c1-13-3-4-16(17(21)11-13)19(27-15-6-9-26(2)10-7-15)18-12-14(5-8-25-18)20(22,23)24;1-22-9-7-16(8-10-22)23-18(13-3-2-4-15(20)11-13)17-6-5-14(19)12-21-17/h3-5,8,11-12,15,19H,6-7,9-10H2,1-2H3;2-6,11-12,16,18H,7-10H2,1H3. The van der Waals surface area contributed by atoms with Crippen molar-refractivity contribution in [2.45, 2.75) is 63.2 Å². The maximum atomic E-state index is 14.6. The number of halogens is 6. The van der Waals surface area contributed by atoms with E-state index in [-0.39, 0.29) is 29.6 Å². The lowest BCUT2D eigenvalue weighted by molar-refractivity contribution is -0.137. The molecule has 0 bridgehead atoms. The van der Waals surface area contributed by atoms with Crippen LogP contribution in [-0.2, 0) is 15.7 Å². The Morgan fingerprint density at radius 3 is 2.00 bits per heavy atom. The van der Waals surface area contributed by atoms with Gasteiger partial charge in [-0.15, -0.1) is 0 Å². The Morgan fingerprint density at radius 2 is 1.44 bits per heavy atom. The first kappa shape index (κ1) is 38.5. The van der Waals surface area contributed by atoms with Crippen LogP contribution in [0.5, 0.6) is 0 Å². The summed E-state index contributed by atoms with van der Waals surface area (Å²) in [5, 5.41) is 0.648. The third-order valence-corrected chi connectivity index (χ3v) is 9.87. The number of aromatic nitrogens is 2. The number of aryl methyl sites for hydroxylation is 1. The molecule has 2 aliphatic rings. The molecule has 0 amide bonds. The molecular weight excluding hydrogens is 783 g/mol.